The molecule has 1 atom stereocenters. The second-order valence-corrected chi connectivity index (χ2v) is 6.06. The minimum Gasteiger partial charge on any atom is -0.354 e. The Hall–Kier alpha value is -3.48. The maximum Gasteiger partial charge on any atom is 0.271 e. The second-order valence-electron chi connectivity index (χ2n) is 6.06. The Morgan fingerprint density at radius 1 is 1.07 bits per heavy atom. The zero-order valence-electron chi connectivity index (χ0n) is 15.2. The Morgan fingerprint density at radius 2 is 1.78 bits per heavy atom. The third kappa shape index (κ3) is 4.20. The fraction of sp³-hybridized carbons (Fsp3) is 0.200. The van der Waals surface area contributed by atoms with Crippen molar-refractivity contribution in [2.45, 2.75) is 19.5 Å². The van der Waals surface area contributed by atoms with Gasteiger partial charge in [0.05, 0.1) is 6.04 Å². The number of carbonyl (C=O) groups is 2. The first kappa shape index (κ1) is 18.3. The number of benzene rings is 1. The average Bonchev–Trinajstić information content (AvgIpc) is 3.18. The topological polar surface area (TPSA) is 88.9 Å². The summed E-state index contributed by atoms with van der Waals surface area (Å²) in [5.41, 5.74) is 2.47. The summed E-state index contributed by atoms with van der Waals surface area (Å²) in [4.78, 5) is 28.8. The Labute approximate surface area is 157 Å². The highest BCUT2D eigenvalue weighted by Gasteiger charge is 2.22. The van der Waals surface area contributed by atoms with E-state index in [0.717, 1.165) is 11.1 Å². The highest BCUT2D eigenvalue weighted by molar-refractivity contribution is 5.97. The molecule has 7 nitrogen and oxygen atoms in total. The number of carbonyl (C=O) groups excluding carboxylic acids is 2. The summed E-state index contributed by atoms with van der Waals surface area (Å²) >= 11 is 0. The summed E-state index contributed by atoms with van der Waals surface area (Å²) < 4.78 is 1.59. The van der Waals surface area contributed by atoms with Gasteiger partial charge in [0.2, 0.25) is 0 Å². The lowest BCUT2D eigenvalue weighted by molar-refractivity contribution is 0.0935. The zero-order chi connectivity index (χ0) is 19.2. The Balaban J connectivity index is 1.89. The molecule has 138 valence electrons. The third-order valence-electron chi connectivity index (χ3n) is 4.28. The van der Waals surface area contributed by atoms with Gasteiger partial charge in [-0.3, -0.25) is 19.3 Å². The van der Waals surface area contributed by atoms with E-state index in [0.29, 0.717) is 12.2 Å². The number of nitrogens with one attached hydrogen (secondary N) is 2. The molecule has 0 saturated carbocycles. The lowest BCUT2D eigenvalue weighted by Crippen LogP contribution is -2.27. The number of hydrogen-bond acceptors (Lipinski definition) is 4. The molecule has 2 amide bonds. The number of aromatic nitrogens is 3. The van der Waals surface area contributed by atoms with Gasteiger partial charge in [0.15, 0.2) is 5.69 Å². The van der Waals surface area contributed by atoms with Crippen molar-refractivity contribution in [3.8, 4) is 0 Å². The Kier molecular flexibility index (Phi) is 5.61. The molecule has 0 aliphatic rings. The average molecular weight is 363 g/mol. The first-order valence-corrected chi connectivity index (χ1v) is 8.64. The first-order valence-electron chi connectivity index (χ1n) is 8.64. The normalized spacial score (nSPS) is 11.6. The third-order valence-corrected chi connectivity index (χ3v) is 4.28. The van der Waals surface area contributed by atoms with Crippen LogP contribution in [0, 0.1) is 0 Å². The van der Waals surface area contributed by atoms with Gasteiger partial charge in [-0.1, -0.05) is 30.3 Å². The molecule has 2 aromatic heterocycles. The van der Waals surface area contributed by atoms with E-state index in [1.807, 2.05) is 49.4 Å². The molecule has 0 spiro atoms. The summed E-state index contributed by atoms with van der Waals surface area (Å²) in [5.74, 6) is -0.630. The summed E-state index contributed by atoms with van der Waals surface area (Å²) in [5, 5.41) is 9.78. The first-order chi connectivity index (χ1) is 13.1. The fourth-order valence-corrected chi connectivity index (χ4v) is 2.74. The van der Waals surface area contributed by atoms with Gasteiger partial charge in [0.1, 0.15) is 5.69 Å². The van der Waals surface area contributed by atoms with E-state index < -0.39 is 0 Å². The van der Waals surface area contributed by atoms with E-state index in [9.17, 15) is 9.59 Å². The van der Waals surface area contributed by atoms with Crippen LogP contribution in [-0.4, -0.2) is 33.6 Å². The number of pyridine rings is 1. The van der Waals surface area contributed by atoms with Crippen LogP contribution >= 0.6 is 0 Å². The van der Waals surface area contributed by atoms with Crippen LogP contribution in [0.2, 0.25) is 0 Å². The minimum absolute atomic E-state index is 0.203. The van der Waals surface area contributed by atoms with Crippen molar-refractivity contribution in [3.63, 3.8) is 0 Å². The van der Waals surface area contributed by atoms with Crippen molar-refractivity contribution < 1.29 is 9.59 Å². The van der Waals surface area contributed by atoms with Crippen LogP contribution in [-0.2, 0) is 6.54 Å². The number of amides is 2. The second kappa shape index (κ2) is 8.27. The van der Waals surface area contributed by atoms with Crippen molar-refractivity contribution >= 4 is 11.8 Å². The van der Waals surface area contributed by atoms with Crippen LogP contribution in [0.25, 0.3) is 0 Å². The molecule has 0 saturated heterocycles. The predicted octanol–water partition coefficient (Wildman–Crippen LogP) is 2.18. The molecular formula is C20H21N5O2. The van der Waals surface area contributed by atoms with E-state index in [4.69, 9.17) is 0 Å². The van der Waals surface area contributed by atoms with Crippen LogP contribution < -0.4 is 10.6 Å². The van der Waals surface area contributed by atoms with Crippen LogP contribution in [0.3, 0.4) is 0 Å². The monoisotopic (exact) mass is 363 g/mol. The molecule has 3 aromatic rings. The van der Waals surface area contributed by atoms with Crippen LogP contribution in [0.4, 0.5) is 0 Å². The minimum atomic E-state index is -0.336. The molecule has 2 N–H and O–H groups in total. The fourth-order valence-electron chi connectivity index (χ4n) is 2.74. The molecule has 1 aromatic carbocycles. The predicted molar refractivity (Wildman–Crippen MR) is 101 cm³/mol. The van der Waals surface area contributed by atoms with Gasteiger partial charge in [-0.15, -0.1) is 0 Å². The largest absolute Gasteiger partial charge is 0.354 e. The summed E-state index contributed by atoms with van der Waals surface area (Å²) in [6.45, 7) is 2.30. The molecule has 0 aliphatic heterocycles. The van der Waals surface area contributed by atoms with Crippen LogP contribution in [0.1, 0.15) is 45.1 Å². The van der Waals surface area contributed by atoms with Gasteiger partial charge in [0, 0.05) is 32.1 Å². The molecule has 27 heavy (non-hydrogen) atoms. The molecule has 0 aliphatic carbocycles. The maximum absolute atomic E-state index is 12.8. The van der Waals surface area contributed by atoms with Crippen molar-refractivity contribution in [2.75, 3.05) is 7.05 Å². The molecule has 0 bridgehead atoms. The highest BCUT2D eigenvalue weighted by Crippen LogP contribution is 2.20. The number of rotatable bonds is 6. The zero-order valence-corrected chi connectivity index (χ0v) is 15.2. The van der Waals surface area contributed by atoms with Crippen LogP contribution in [0.5, 0.6) is 0 Å². The quantitative estimate of drug-likeness (QED) is 0.702. The van der Waals surface area contributed by atoms with Crippen molar-refractivity contribution in [1.29, 1.82) is 0 Å². The van der Waals surface area contributed by atoms with Crippen molar-refractivity contribution in [1.82, 2.24) is 25.4 Å². The Bertz CT molecular complexity index is 922. The van der Waals surface area contributed by atoms with E-state index in [1.165, 1.54) is 13.1 Å². The lowest BCUT2D eigenvalue weighted by Gasteiger charge is -2.16. The van der Waals surface area contributed by atoms with Gasteiger partial charge in [-0.05, 0) is 30.2 Å². The highest BCUT2D eigenvalue weighted by atomic mass is 16.2. The van der Waals surface area contributed by atoms with Crippen molar-refractivity contribution in [2.24, 2.45) is 0 Å². The van der Waals surface area contributed by atoms with Gasteiger partial charge in [-0.2, -0.15) is 5.10 Å². The summed E-state index contributed by atoms with van der Waals surface area (Å²) in [6.07, 6.45) is 3.35. The molecular weight excluding hydrogens is 342 g/mol. The van der Waals surface area contributed by atoms with Gasteiger partial charge in [-0.25, -0.2) is 0 Å². The maximum atomic E-state index is 12.8. The van der Waals surface area contributed by atoms with E-state index in [2.05, 4.69) is 20.7 Å². The molecule has 7 heteroatoms. The smallest absolute Gasteiger partial charge is 0.271 e. The lowest BCUT2D eigenvalue weighted by atomic mass is 10.1. The van der Waals surface area contributed by atoms with E-state index in [1.54, 1.807) is 17.1 Å². The number of hydrogen-bond donors (Lipinski definition) is 2. The molecule has 2 heterocycles. The Morgan fingerprint density at radius 3 is 2.44 bits per heavy atom. The van der Waals surface area contributed by atoms with E-state index >= 15 is 0 Å². The molecule has 1 unspecified atom stereocenters. The summed E-state index contributed by atoms with van der Waals surface area (Å²) in [6, 6.07) is 14.7. The van der Waals surface area contributed by atoms with Crippen LogP contribution in [0.15, 0.2) is 60.9 Å². The van der Waals surface area contributed by atoms with E-state index in [-0.39, 0.29) is 23.6 Å². The van der Waals surface area contributed by atoms with Gasteiger partial charge >= 0.3 is 0 Å². The number of nitrogens with zero attached hydrogens (tertiary/aromatic N) is 3. The van der Waals surface area contributed by atoms with Gasteiger partial charge < -0.3 is 10.6 Å². The molecule has 0 fully saturated rings. The molecule has 0 radical (unpaired) electrons. The molecule has 3 rings (SSSR count). The van der Waals surface area contributed by atoms with Gasteiger partial charge in [0.25, 0.3) is 11.8 Å². The van der Waals surface area contributed by atoms with Crippen molar-refractivity contribution in [3.05, 3.63) is 83.4 Å². The SMILES string of the molecule is CNC(=O)c1cc(C(=O)NCc2ccncc2)n(C(C)c2ccccc2)n1. The summed E-state index contributed by atoms with van der Waals surface area (Å²) in [7, 11) is 1.53. The standard InChI is InChI=1S/C20H21N5O2/c1-14(16-6-4-3-5-7-16)25-18(12-17(24-25)19(26)21-2)20(27)23-13-15-8-10-22-11-9-15/h3-12,14H,13H2,1-2H3,(H,21,26)(H,23,27).